The Kier molecular flexibility index (Phi) is 4.87. The van der Waals surface area contributed by atoms with Crippen LogP contribution in [0.2, 0.25) is 0 Å². The third-order valence-electron chi connectivity index (χ3n) is 2.04. The van der Waals surface area contributed by atoms with Gasteiger partial charge in [-0.3, -0.25) is 4.79 Å². The molecule has 2 N–H and O–H groups in total. The molecular formula is C12H20N4O. The normalized spacial score (nSPS) is 10.4. The molecule has 0 fully saturated rings. The molecule has 0 aromatic carbocycles. The molecule has 0 saturated heterocycles. The van der Waals surface area contributed by atoms with Crippen LogP contribution in [0, 0.1) is 6.92 Å². The summed E-state index contributed by atoms with van der Waals surface area (Å²) in [5.41, 5.74) is 0.411. The number of hydrogen-bond acceptors (Lipinski definition) is 4. The van der Waals surface area contributed by atoms with E-state index in [1.165, 1.54) is 0 Å². The number of nitrogens with one attached hydrogen (secondary N) is 2. The van der Waals surface area contributed by atoms with E-state index in [9.17, 15) is 4.79 Å². The van der Waals surface area contributed by atoms with Crippen molar-refractivity contribution in [2.75, 3.05) is 11.9 Å². The molecule has 1 aromatic heterocycles. The summed E-state index contributed by atoms with van der Waals surface area (Å²) >= 11 is 0. The monoisotopic (exact) mass is 236 g/mol. The van der Waals surface area contributed by atoms with Gasteiger partial charge in [0.1, 0.15) is 17.3 Å². The summed E-state index contributed by atoms with van der Waals surface area (Å²) in [5.74, 6) is 1.13. The van der Waals surface area contributed by atoms with E-state index < -0.39 is 0 Å². The molecule has 1 amide bonds. The highest BCUT2D eigenvalue weighted by molar-refractivity contribution is 5.92. The van der Waals surface area contributed by atoms with E-state index in [0.717, 1.165) is 6.42 Å². The SMILES string of the molecule is CCCNC(=O)c1cc(NC(C)C)nc(C)n1. The molecule has 0 spiro atoms. The Morgan fingerprint density at radius 1 is 1.41 bits per heavy atom. The molecule has 0 bridgehead atoms. The van der Waals surface area contributed by atoms with Gasteiger partial charge in [0.15, 0.2) is 0 Å². The van der Waals surface area contributed by atoms with Gasteiger partial charge in [-0.15, -0.1) is 0 Å². The molecule has 17 heavy (non-hydrogen) atoms. The van der Waals surface area contributed by atoms with Crippen LogP contribution in [-0.4, -0.2) is 28.5 Å². The third kappa shape index (κ3) is 4.38. The van der Waals surface area contributed by atoms with Crippen molar-refractivity contribution in [3.8, 4) is 0 Å². The molecule has 1 heterocycles. The first-order valence-electron chi connectivity index (χ1n) is 5.93. The topological polar surface area (TPSA) is 66.9 Å². The lowest BCUT2D eigenvalue weighted by atomic mass is 10.3. The largest absolute Gasteiger partial charge is 0.368 e. The van der Waals surface area contributed by atoms with Crippen molar-refractivity contribution in [2.24, 2.45) is 0 Å². The van der Waals surface area contributed by atoms with E-state index >= 15 is 0 Å². The Labute approximate surface area is 102 Å². The van der Waals surface area contributed by atoms with Crippen LogP contribution in [0.25, 0.3) is 0 Å². The summed E-state index contributed by atoms with van der Waals surface area (Å²) in [4.78, 5) is 20.1. The molecule has 94 valence electrons. The van der Waals surface area contributed by atoms with Gasteiger partial charge in [0.2, 0.25) is 0 Å². The minimum Gasteiger partial charge on any atom is -0.368 e. The first-order valence-corrected chi connectivity index (χ1v) is 5.93. The standard InChI is InChI=1S/C12H20N4O/c1-5-6-13-12(17)10-7-11(14-8(2)3)16-9(4)15-10/h7-8H,5-6H2,1-4H3,(H,13,17)(H,14,15,16). The predicted octanol–water partition coefficient (Wildman–Crippen LogP) is 1.75. The lowest BCUT2D eigenvalue weighted by molar-refractivity contribution is 0.0948. The second kappa shape index (κ2) is 6.18. The molecule has 0 radical (unpaired) electrons. The van der Waals surface area contributed by atoms with Crippen molar-refractivity contribution >= 4 is 11.7 Å². The van der Waals surface area contributed by atoms with E-state index in [4.69, 9.17) is 0 Å². The Balaban J connectivity index is 2.85. The minimum atomic E-state index is -0.149. The summed E-state index contributed by atoms with van der Waals surface area (Å²) in [6.45, 7) is 8.50. The molecule has 0 aliphatic heterocycles. The van der Waals surface area contributed by atoms with Crippen LogP contribution >= 0.6 is 0 Å². The average Bonchev–Trinajstić information content (AvgIpc) is 2.24. The van der Waals surface area contributed by atoms with Crippen LogP contribution in [0.1, 0.15) is 43.5 Å². The van der Waals surface area contributed by atoms with Crippen LogP contribution in [-0.2, 0) is 0 Å². The predicted molar refractivity (Wildman–Crippen MR) is 68.2 cm³/mol. The fourth-order valence-electron chi connectivity index (χ4n) is 1.38. The van der Waals surface area contributed by atoms with Crippen LogP contribution in [0.15, 0.2) is 6.07 Å². The maximum Gasteiger partial charge on any atom is 0.270 e. The molecule has 0 saturated carbocycles. The molecule has 0 aliphatic carbocycles. The molecule has 5 nitrogen and oxygen atoms in total. The quantitative estimate of drug-likeness (QED) is 0.817. The number of amides is 1. The van der Waals surface area contributed by atoms with Crippen molar-refractivity contribution in [3.63, 3.8) is 0 Å². The second-order valence-electron chi connectivity index (χ2n) is 4.24. The summed E-state index contributed by atoms with van der Waals surface area (Å²) in [6.07, 6.45) is 0.910. The van der Waals surface area contributed by atoms with Crippen molar-refractivity contribution in [1.82, 2.24) is 15.3 Å². The van der Waals surface area contributed by atoms with Gasteiger partial charge in [0.05, 0.1) is 0 Å². The number of aromatic nitrogens is 2. The Morgan fingerprint density at radius 3 is 2.71 bits per heavy atom. The summed E-state index contributed by atoms with van der Waals surface area (Å²) in [5, 5.41) is 5.97. The highest BCUT2D eigenvalue weighted by Crippen LogP contribution is 2.08. The zero-order chi connectivity index (χ0) is 12.8. The number of carbonyl (C=O) groups excluding carboxylic acids is 1. The summed E-state index contributed by atoms with van der Waals surface area (Å²) in [7, 11) is 0. The lowest BCUT2D eigenvalue weighted by Gasteiger charge is -2.11. The minimum absolute atomic E-state index is 0.149. The molecule has 1 rings (SSSR count). The Morgan fingerprint density at radius 2 is 2.12 bits per heavy atom. The van der Waals surface area contributed by atoms with Gasteiger partial charge in [-0.25, -0.2) is 9.97 Å². The smallest absolute Gasteiger partial charge is 0.270 e. The van der Waals surface area contributed by atoms with Crippen molar-refractivity contribution < 1.29 is 4.79 Å². The van der Waals surface area contributed by atoms with Crippen LogP contribution in [0.5, 0.6) is 0 Å². The maximum atomic E-state index is 11.8. The zero-order valence-electron chi connectivity index (χ0n) is 10.9. The van der Waals surface area contributed by atoms with Gasteiger partial charge < -0.3 is 10.6 Å². The van der Waals surface area contributed by atoms with Crippen LogP contribution in [0.3, 0.4) is 0 Å². The van der Waals surface area contributed by atoms with E-state index in [2.05, 4.69) is 20.6 Å². The molecule has 0 atom stereocenters. The van der Waals surface area contributed by atoms with Crippen LogP contribution in [0.4, 0.5) is 5.82 Å². The highest BCUT2D eigenvalue weighted by atomic mass is 16.1. The Hall–Kier alpha value is -1.65. The van der Waals surface area contributed by atoms with E-state index in [1.54, 1.807) is 13.0 Å². The molecule has 0 unspecified atom stereocenters. The number of anilines is 1. The molecule has 0 aliphatic rings. The van der Waals surface area contributed by atoms with Gasteiger partial charge in [-0.2, -0.15) is 0 Å². The van der Waals surface area contributed by atoms with Crippen LogP contribution < -0.4 is 10.6 Å². The van der Waals surface area contributed by atoms with Gasteiger partial charge in [-0.05, 0) is 27.2 Å². The number of aryl methyl sites for hydroxylation is 1. The molecular weight excluding hydrogens is 216 g/mol. The summed E-state index contributed by atoms with van der Waals surface area (Å²) < 4.78 is 0. The van der Waals surface area contributed by atoms with Crippen molar-refractivity contribution in [3.05, 3.63) is 17.6 Å². The van der Waals surface area contributed by atoms with E-state index in [0.29, 0.717) is 23.9 Å². The van der Waals surface area contributed by atoms with E-state index in [1.807, 2.05) is 20.8 Å². The fourth-order valence-corrected chi connectivity index (χ4v) is 1.38. The molecule has 1 aromatic rings. The summed E-state index contributed by atoms with van der Waals surface area (Å²) in [6, 6.07) is 1.95. The van der Waals surface area contributed by atoms with Gasteiger partial charge in [0, 0.05) is 18.7 Å². The van der Waals surface area contributed by atoms with Crippen molar-refractivity contribution in [2.45, 2.75) is 40.2 Å². The van der Waals surface area contributed by atoms with E-state index in [-0.39, 0.29) is 11.9 Å². The van der Waals surface area contributed by atoms with Gasteiger partial charge in [0.25, 0.3) is 5.91 Å². The number of carbonyl (C=O) groups is 1. The lowest BCUT2D eigenvalue weighted by Crippen LogP contribution is -2.25. The zero-order valence-corrected chi connectivity index (χ0v) is 10.9. The van der Waals surface area contributed by atoms with Crippen molar-refractivity contribution in [1.29, 1.82) is 0 Å². The van der Waals surface area contributed by atoms with Gasteiger partial charge >= 0.3 is 0 Å². The highest BCUT2D eigenvalue weighted by Gasteiger charge is 2.09. The average molecular weight is 236 g/mol. The first kappa shape index (κ1) is 13.4. The second-order valence-corrected chi connectivity index (χ2v) is 4.24. The first-order chi connectivity index (χ1) is 8.02. The molecule has 5 heteroatoms. The number of nitrogens with zero attached hydrogens (tertiary/aromatic N) is 2. The third-order valence-corrected chi connectivity index (χ3v) is 2.04. The Bertz CT molecular complexity index is 390. The number of rotatable bonds is 5. The number of hydrogen-bond donors (Lipinski definition) is 2. The van der Waals surface area contributed by atoms with Gasteiger partial charge in [-0.1, -0.05) is 6.92 Å². The maximum absolute atomic E-state index is 11.8. The fraction of sp³-hybridized carbons (Fsp3) is 0.583.